The number of nitrogens with one attached hydrogen (secondary N) is 1. The van der Waals surface area contributed by atoms with Gasteiger partial charge in [-0.05, 0) is 13.8 Å². The van der Waals surface area contributed by atoms with Gasteiger partial charge in [0.05, 0.1) is 24.2 Å². The Morgan fingerprint density at radius 1 is 1.29 bits per heavy atom. The molecule has 0 spiro atoms. The monoisotopic (exact) mass is 195 g/mol. The number of carbonyl (C=O) groups excluding carboxylic acids is 1. The van der Waals surface area contributed by atoms with Gasteiger partial charge < -0.3 is 10.1 Å². The maximum atomic E-state index is 10.9. The van der Waals surface area contributed by atoms with Gasteiger partial charge in [-0.15, -0.1) is 0 Å². The molecular weight excluding hydrogens is 182 g/mol. The molecule has 5 heteroatoms. The van der Waals surface area contributed by atoms with Crippen molar-refractivity contribution < 1.29 is 9.53 Å². The summed E-state index contributed by atoms with van der Waals surface area (Å²) in [6.45, 7) is 5.04. The molecule has 0 unspecified atom stereocenters. The number of rotatable bonds is 2. The second kappa shape index (κ2) is 4.04. The third kappa shape index (κ3) is 2.18. The Kier molecular flexibility index (Phi) is 3.01. The highest BCUT2D eigenvalue weighted by molar-refractivity contribution is 5.89. The molecule has 0 aliphatic heterocycles. The fraction of sp³-hybridized carbons (Fsp3) is 0.444. The van der Waals surface area contributed by atoms with Crippen molar-refractivity contribution in [3.63, 3.8) is 0 Å². The van der Waals surface area contributed by atoms with E-state index in [4.69, 9.17) is 4.74 Å². The smallest absolute Gasteiger partial charge is 0.316 e. The zero-order valence-electron chi connectivity index (χ0n) is 8.71. The molecule has 0 atom stereocenters. The normalized spacial score (nSPS) is 9.71. The standard InChI is InChI=1S/C9H13N3O2/c1-5-8(12-7(3)13)6(2)11-9(10-5)14-4/h1-4H3,(H,12,13). The zero-order valence-corrected chi connectivity index (χ0v) is 8.71. The van der Waals surface area contributed by atoms with E-state index in [2.05, 4.69) is 15.3 Å². The number of ether oxygens (including phenoxy) is 1. The lowest BCUT2D eigenvalue weighted by Crippen LogP contribution is -2.11. The number of hydrogen-bond donors (Lipinski definition) is 1. The van der Waals surface area contributed by atoms with E-state index in [1.54, 1.807) is 13.8 Å². The Balaban J connectivity index is 3.11. The second-order valence-corrected chi connectivity index (χ2v) is 2.94. The van der Waals surface area contributed by atoms with E-state index in [0.29, 0.717) is 23.1 Å². The van der Waals surface area contributed by atoms with E-state index >= 15 is 0 Å². The molecule has 1 heterocycles. The molecule has 76 valence electrons. The summed E-state index contributed by atoms with van der Waals surface area (Å²) >= 11 is 0. The lowest BCUT2D eigenvalue weighted by atomic mass is 10.3. The van der Waals surface area contributed by atoms with Crippen molar-refractivity contribution in [2.24, 2.45) is 0 Å². The number of carbonyl (C=O) groups is 1. The van der Waals surface area contributed by atoms with E-state index < -0.39 is 0 Å². The van der Waals surface area contributed by atoms with Gasteiger partial charge >= 0.3 is 6.01 Å². The first kappa shape index (κ1) is 10.4. The van der Waals surface area contributed by atoms with Gasteiger partial charge in [-0.2, -0.15) is 9.97 Å². The predicted molar refractivity (Wildman–Crippen MR) is 52.4 cm³/mol. The molecule has 5 nitrogen and oxygen atoms in total. The van der Waals surface area contributed by atoms with Gasteiger partial charge in [0, 0.05) is 6.92 Å². The number of nitrogens with zero attached hydrogens (tertiary/aromatic N) is 2. The first-order valence-corrected chi connectivity index (χ1v) is 4.21. The van der Waals surface area contributed by atoms with Crippen molar-refractivity contribution >= 4 is 11.6 Å². The molecule has 1 aromatic rings. The summed E-state index contributed by atoms with van der Waals surface area (Å²) in [5, 5.41) is 2.67. The van der Waals surface area contributed by atoms with Gasteiger partial charge in [-0.25, -0.2) is 0 Å². The van der Waals surface area contributed by atoms with Crippen LogP contribution in [-0.2, 0) is 4.79 Å². The van der Waals surface area contributed by atoms with Crippen molar-refractivity contribution in [1.82, 2.24) is 9.97 Å². The van der Waals surface area contributed by atoms with Crippen LogP contribution in [0.4, 0.5) is 5.69 Å². The molecule has 0 aromatic carbocycles. The average molecular weight is 195 g/mol. The summed E-state index contributed by atoms with van der Waals surface area (Å²) in [5.74, 6) is -0.134. The van der Waals surface area contributed by atoms with Gasteiger partial charge in [0.25, 0.3) is 0 Å². The SMILES string of the molecule is COc1nc(C)c(NC(C)=O)c(C)n1. The highest BCUT2D eigenvalue weighted by Crippen LogP contribution is 2.18. The quantitative estimate of drug-likeness (QED) is 0.766. The van der Waals surface area contributed by atoms with Crippen molar-refractivity contribution in [3.05, 3.63) is 11.4 Å². The van der Waals surface area contributed by atoms with Crippen LogP contribution in [0.3, 0.4) is 0 Å². The average Bonchev–Trinajstić information content (AvgIpc) is 2.10. The molecule has 1 N–H and O–H groups in total. The van der Waals surface area contributed by atoms with Crippen LogP contribution in [0.2, 0.25) is 0 Å². The Morgan fingerprint density at radius 2 is 1.79 bits per heavy atom. The Hall–Kier alpha value is -1.65. The molecule has 0 fully saturated rings. The minimum atomic E-state index is -0.134. The Morgan fingerprint density at radius 3 is 2.14 bits per heavy atom. The van der Waals surface area contributed by atoms with Gasteiger partial charge in [-0.1, -0.05) is 0 Å². The lowest BCUT2D eigenvalue weighted by Gasteiger charge is -2.09. The summed E-state index contributed by atoms with van der Waals surface area (Å²) in [5.41, 5.74) is 2.05. The van der Waals surface area contributed by atoms with Crippen LogP contribution >= 0.6 is 0 Å². The van der Waals surface area contributed by atoms with Crippen LogP contribution < -0.4 is 10.1 Å². The minimum Gasteiger partial charge on any atom is -0.467 e. The van der Waals surface area contributed by atoms with Crippen molar-refractivity contribution in [3.8, 4) is 6.01 Å². The van der Waals surface area contributed by atoms with Crippen LogP contribution in [0, 0.1) is 13.8 Å². The third-order valence-electron chi connectivity index (χ3n) is 1.73. The van der Waals surface area contributed by atoms with Crippen LogP contribution in [0.5, 0.6) is 6.01 Å². The number of methoxy groups -OCH3 is 1. The summed E-state index contributed by atoms with van der Waals surface area (Å²) in [7, 11) is 1.51. The molecule has 14 heavy (non-hydrogen) atoms. The molecular formula is C9H13N3O2. The fourth-order valence-corrected chi connectivity index (χ4v) is 1.13. The summed E-state index contributed by atoms with van der Waals surface area (Å²) in [6, 6.07) is 0.314. The summed E-state index contributed by atoms with van der Waals surface area (Å²) in [6.07, 6.45) is 0. The highest BCUT2D eigenvalue weighted by atomic mass is 16.5. The minimum absolute atomic E-state index is 0.134. The van der Waals surface area contributed by atoms with E-state index in [1.165, 1.54) is 14.0 Å². The third-order valence-corrected chi connectivity index (χ3v) is 1.73. The molecule has 0 saturated heterocycles. The number of anilines is 1. The number of aromatic nitrogens is 2. The maximum absolute atomic E-state index is 10.9. The van der Waals surface area contributed by atoms with Crippen molar-refractivity contribution in [1.29, 1.82) is 0 Å². The van der Waals surface area contributed by atoms with Crippen molar-refractivity contribution in [2.75, 3.05) is 12.4 Å². The van der Waals surface area contributed by atoms with E-state index in [0.717, 1.165) is 0 Å². The highest BCUT2D eigenvalue weighted by Gasteiger charge is 2.09. The molecule has 1 aromatic heterocycles. The second-order valence-electron chi connectivity index (χ2n) is 2.94. The summed E-state index contributed by atoms with van der Waals surface area (Å²) in [4.78, 5) is 19.0. The topological polar surface area (TPSA) is 64.1 Å². The first-order chi connectivity index (χ1) is 6.54. The number of aryl methyl sites for hydroxylation is 2. The Labute approximate surface area is 82.5 Å². The molecule has 0 saturated carbocycles. The number of amides is 1. The fourth-order valence-electron chi connectivity index (χ4n) is 1.13. The van der Waals surface area contributed by atoms with Crippen molar-refractivity contribution in [2.45, 2.75) is 20.8 Å². The largest absolute Gasteiger partial charge is 0.467 e. The van der Waals surface area contributed by atoms with Crippen LogP contribution in [0.15, 0.2) is 0 Å². The van der Waals surface area contributed by atoms with E-state index in [9.17, 15) is 4.79 Å². The zero-order chi connectivity index (χ0) is 10.7. The maximum Gasteiger partial charge on any atom is 0.316 e. The Bertz CT molecular complexity index is 340. The molecule has 1 rings (SSSR count). The lowest BCUT2D eigenvalue weighted by molar-refractivity contribution is -0.114. The van der Waals surface area contributed by atoms with E-state index in [-0.39, 0.29) is 5.91 Å². The predicted octanol–water partition coefficient (Wildman–Crippen LogP) is 1.06. The molecule has 0 bridgehead atoms. The van der Waals surface area contributed by atoms with Gasteiger partial charge in [0.1, 0.15) is 0 Å². The van der Waals surface area contributed by atoms with E-state index in [1.807, 2.05) is 0 Å². The van der Waals surface area contributed by atoms with Gasteiger partial charge in [0.15, 0.2) is 0 Å². The summed E-state index contributed by atoms with van der Waals surface area (Å²) < 4.78 is 4.90. The number of hydrogen-bond acceptors (Lipinski definition) is 4. The first-order valence-electron chi connectivity index (χ1n) is 4.21. The van der Waals surface area contributed by atoms with Crippen LogP contribution in [0.25, 0.3) is 0 Å². The molecule has 0 aliphatic carbocycles. The van der Waals surface area contributed by atoms with Crippen LogP contribution in [0.1, 0.15) is 18.3 Å². The van der Waals surface area contributed by atoms with Gasteiger partial charge in [0.2, 0.25) is 5.91 Å². The molecule has 0 radical (unpaired) electrons. The molecule has 1 amide bonds. The van der Waals surface area contributed by atoms with Crippen LogP contribution in [-0.4, -0.2) is 23.0 Å². The van der Waals surface area contributed by atoms with Gasteiger partial charge in [-0.3, -0.25) is 4.79 Å². The molecule has 0 aliphatic rings.